The lowest BCUT2D eigenvalue weighted by Gasteiger charge is -2.50. The van der Waals surface area contributed by atoms with Crippen LogP contribution in [0.15, 0.2) is 11.0 Å². The molecule has 3 aliphatic carbocycles. The topological polar surface area (TPSA) is 127 Å². The average Bonchev–Trinajstić information content (AvgIpc) is 3.01. The molecule has 0 radical (unpaired) electrons. The number of aliphatic carboxylic acids is 1. The zero-order valence-corrected chi connectivity index (χ0v) is 18.7. The molecule has 31 heavy (non-hydrogen) atoms. The summed E-state index contributed by atoms with van der Waals surface area (Å²) < 4.78 is 0. The van der Waals surface area contributed by atoms with Crippen molar-refractivity contribution in [3.63, 3.8) is 0 Å². The first-order valence-corrected chi connectivity index (χ1v) is 12.0. The largest absolute Gasteiger partial charge is 0.504 e. The molecule has 2 saturated carbocycles. The molecule has 5 N–H and O–H groups in total. The summed E-state index contributed by atoms with van der Waals surface area (Å²) in [5.41, 5.74) is 1.96. The molecule has 2 fully saturated rings. The minimum atomic E-state index is -1.14. The van der Waals surface area contributed by atoms with Crippen molar-refractivity contribution >= 4 is 23.6 Å². The van der Waals surface area contributed by atoms with Crippen molar-refractivity contribution < 1.29 is 30.0 Å². The highest BCUT2D eigenvalue weighted by molar-refractivity contribution is 7.99. The van der Waals surface area contributed by atoms with E-state index in [9.17, 15) is 30.0 Å². The number of hydrogen-bond donors (Lipinski definition) is 5. The molecule has 8 heteroatoms. The first kappa shape index (κ1) is 22.3. The third-order valence-corrected chi connectivity index (χ3v) is 9.14. The Hall–Kier alpha value is -1.93. The van der Waals surface area contributed by atoms with Gasteiger partial charge in [-0.05, 0) is 78.9 Å². The molecule has 0 aromatic heterocycles. The fourth-order valence-corrected chi connectivity index (χ4v) is 7.63. The second-order valence-electron chi connectivity index (χ2n) is 9.60. The van der Waals surface area contributed by atoms with Crippen molar-refractivity contribution in [3.8, 4) is 11.5 Å². The molecule has 1 amide bonds. The number of aromatic hydroxyl groups is 2. The van der Waals surface area contributed by atoms with Crippen LogP contribution in [-0.4, -0.2) is 50.2 Å². The Morgan fingerprint density at radius 1 is 1.26 bits per heavy atom. The summed E-state index contributed by atoms with van der Waals surface area (Å²) in [7, 11) is 0. The number of aliphatic hydroxyl groups is 1. The number of aryl methyl sites for hydroxylation is 1. The predicted octanol–water partition coefficient (Wildman–Crippen LogP) is 3.00. The molecule has 6 atom stereocenters. The minimum absolute atomic E-state index is 0.0512. The number of amides is 1. The molecule has 0 heterocycles. The van der Waals surface area contributed by atoms with E-state index in [1.807, 2.05) is 0 Å². The van der Waals surface area contributed by atoms with Gasteiger partial charge < -0.3 is 25.7 Å². The number of carbonyl (C=O) groups excluding carboxylic acids is 1. The Balaban J connectivity index is 1.67. The van der Waals surface area contributed by atoms with E-state index in [0.29, 0.717) is 16.7 Å². The van der Waals surface area contributed by atoms with E-state index in [-0.39, 0.29) is 34.7 Å². The van der Waals surface area contributed by atoms with E-state index in [4.69, 9.17) is 0 Å². The summed E-state index contributed by atoms with van der Waals surface area (Å²) in [5, 5.41) is 43.5. The maximum Gasteiger partial charge on any atom is 0.327 e. The number of carboxylic acids is 1. The van der Waals surface area contributed by atoms with E-state index < -0.39 is 17.9 Å². The highest BCUT2D eigenvalue weighted by Gasteiger charge is 2.54. The van der Waals surface area contributed by atoms with Crippen LogP contribution in [0.25, 0.3) is 0 Å². The second-order valence-corrected chi connectivity index (χ2v) is 10.6. The van der Waals surface area contributed by atoms with Crippen molar-refractivity contribution in [2.45, 2.75) is 75.3 Å². The Morgan fingerprint density at radius 2 is 2.00 bits per heavy atom. The lowest BCUT2D eigenvalue weighted by atomic mass is 9.55. The Kier molecular flexibility index (Phi) is 5.89. The number of thioether (sulfide) groups is 1. The number of rotatable bonds is 5. The SMILES string of the molecule is CC(=O)N[C@H](CSc1c(O)c(O)cc2c1[C@H]1CC[C@]3(C)[C@@H](O)CC[C@H]3[C@@H]1CC2)C(=O)O. The molecule has 4 rings (SSSR count). The molecule has 3 aliphatic rings. The zero-order valence-electron chi connectivity index (χ0n) is 17.9. The average molecular weight is 450 g/mol. The van der Waals surface area contributed by atoms with E-state index in [0.717, 1.165) is 49.7 Å². The molecule has 0 saturated heterocycles. The number of nitrogens with one attached hydrogen (secondary N) is 1. The number of carboxylic acid groups (broad SMARTS) is 1. The number of phenolic OH excluding ortho intramolecular Hbond substituents is 2. The summed E-state index contributed by atoms with van der Waals surface area (Å²) in [4.78, 5) is 23.5. The van der Waals surface area contributed by atoms with E-state index >= 15 is 0 Å². The summed E-state index contributed by atoms with van der Waals surface area (Å²) in [6.07, 6.45) is 5.15. The van der Waals surface area contributed by atoms with Crippen LogP contribution in [0.1, 0.15) is 63.0 Å². The maximum atomic E-state index is 11.6. The number of benzene rings is 1. The van der Waals surface area contributed by atoms with Crippen LogP contribution < -0.4 is 5.32 Å². The van der Waals surface area contributed by atoms with Crippen LogP contribution in [0.3, 0.4) is 0 Å². The summed E-state index contributed by atoms with van der Waals surface area (Å²) in [5.74, 6) is -0.879. The molecule has 1 aromatic carbocycles. The summed E-state index contributed by atoms with van der Waals surface area (Å²) >= 11 is 1.18. The van der Waals surface area contributed by atoms with Crippen LogP contribution in [-0.2, 0) is 16.0 Å². The molecule has 0 aliphatic heterocycles. The van der Waals surface area contributed by atoms with Crippen LogP contribution >= 0.6 is 11.8 Å². The van der Waals surface area contributed by atoms with Gasteiger partial charge in [0.05, 0.1) is 11.0 Å². The van der Waals surface area contributed by atoms with Gasteiger partial charge in [-0.1, -0.05) is 6.92 Å². The standard InChI is InChI=1S/C23H31NO6S/c1-11(25)24-16(22(29)30)10-31-21-19-12(9-17(26)20(21)28)3-4-13-14(19)7-8-23(2)15(13)5-6-18(23)27/h9,13-16,18,26-28H,3-8,10H2,1-2H3,(H,24,25)(H,29,30)/t13-,14+,15+,16-,18+,23+/m1/s1. The number of fused-ring (bicyclic) bond motifs is 5. The van der Waals surface area contributed by atoms with Gasteiger partial charge in [0, 0.05) is 12.7 Å². The fourth-order valence-electron chi connectivity index (χ4n) is 6.39. The highest BCUT2D eigenvalue weighted by atomic mass is 32.2. The lowest BCUT2D eigenvalue weighted by molar-refractivity contribution is -0.140. The lowest BCUT2D eigenvalue weighted by Crippen LogP contribution is -2.44. The minimum Gasteiger partial charge on any atom is -0.504 e. The smallest absolute Gasteiger partial charge is 0.327 e. The quantitative estimate of drug-likeness (QED) is 0.345. The monoisotopic (exact) mass is 449 g/mol. The Labute approximate surface area is 186 Å². The van der Waals surface area contributed by atoms with Gasteiger partial charge in [-0.3, -0.25) is 4.79 Å². The van der Waals surface area contributed by atoms with Gasteiger partial charge in [-0.15, -0.1) is 11.8 Å². The van der Waals surface area contributed by atoms with Crippen LogP contribution in [0, 0.1) is 17.3 Å². The van der Waals surface area contributed by atoms with Gasteiger partial charge in [-0.2, -0.15) is 0 Å². The first-order chi connectivity index (χ1) is 14.6. The first-order valence-electron chi connectivity index (χ1n) is 11.0. The van der Waals surface area contributed by atoms with Gasteiger partial charge in [0.25, 0.3) is 0 Å². The molecule has 0 unspecified atom stereocenters. The predicted molar refractivity (Wildman–Crippen MR) is 116 cm³/mol. The molecular formula is C23H31NO6S. The van der Waals surface area contributed by atoms with Crippen LogP contribution in [0.4, 0.5) is 0 Å². The van der Waals surface area contributed by atoms with Gasteiger partial charge in [0.1, 0.15) is 6.04 Å². The van der Waals surface area contributed by atoms with Gasteiger partial charge in [-0.25, -0.2) is 4.79 Å². The van der Waals surface area contributed by atoms with Crippen LogP contribution in [0.2, 0.25) is 0 Å². The summed E-state index contributed by atoms with van der Waals surface area (Å²) in [6, 6.07) is 0.559. The van der Waals surface area contributed by atoms with Crippen LogP contribution in [0.5, 0.6) is 11.5 Å². The van der Waals surface area contributed by atoms with Crippen molar-refractivity contribution in [3.05, 3.63) is 17.2 Å². The molecule has 0 bridgehead atoms. The molecule has 170 valence electrons. The third kappa shape index (κ3) is 3.78. The molecule has 1 aromatic rings. The van der Waals surface area contributed by atoms with Crippen molar-refractivity contribution in [2.24, 2.45) is 17.3 Å². The number of hydrogen-bond acceptors (Lipinski definition) is 6. The van der Waals surface area contributed by atoms with Crippen molar-refractivity contribution in [2.75, 3.05) is 5.75 Å². The highest BCUT2D eigenvalue weighted by Crippen LogP contribution is 2.62. The number of aliphatic hydroxyl groups excluding tert-OH is 1. The maximum absolute atomic E-state index is 11.6. The van der Waals surface area contributed by atoms with E-state index in [2.05, 4.69) is 12.2 Å². The Bertz CT molecular complexity index is 905. The molecule has 0 spiro atoms. The van der Waals surface area contributed by atoms with E-state index in [1.54, 1.807) is 6.07 Å². The van der Waals surface area contributed by atoms with Gasteiger partial charge in [0.15, 0.2) is 11.5 Å². The van der Waals surface area contributed by atoms with Crippen molar-refractivity contribution in [1.82, 2.24) is 5.32 Å². The number of phenols is 2. The second kappa shape index (κ2) is 8.20. The van der Waals surface area contributed by atoms with Gasteiger partial charge in [0.2, 0.25) is 5.91 Å². The van der Waals surface area contributed by atoms with E-state index in [1.165, 1.54) is 18.7 Å². The number of carbonyl (C=O) groups is 2. The zero-order chi connectivity index (χ0) is 22.5. The Morgan fingerprint density at radius 3 is 2.68 bits per heavy atom. The summed E-state index contributed by atoms with van der Waals surface area (Å²) in [6.45, 7) is 3.48. The molecular weight excluding hydrogens is 418 g/mol. The molecule has 7 nitrogen and oxygen atoms in total. The van der Waals surface area contributed by atoms with Crippen molar-refractivity contribution in [1.29, 1.82) is 0 Å². The van der Waals surface area contributed by atoms with Gasteiger partial charge >= 0.3 is 5.97 Å². The normalized spacial score (nSPS) is 32.5. The third-order valence-electron chi connectivity index (χ3n) is 7.93. The fraction of sp³-hybridized carbons (Fsp3) is 0.652.